The van der Waals surface area contributed by atoms with Crippen LogP contribution in [0.15, 0.2) is 36.9 Å². The fourth-order valence-corrected chi connectivity index (χ4v) is 3.01. The lowest BCUT2D eigenvalue weighted by Crippen LogP contribution is -2.21. The van der Waals surface area contributed by atoms with Crippen molar-refractivity contribution < 1.29 is 36.9 Å². The summed E-state index contributed by atoms with van der Waals surface area (Å²) < 4.78 is 58.1. The van der Waals surface area contributed by atoms with Crippen LogP contribution in [0.5, 0.6) is 17.5 Å². The predicted octanol–water partition coefficient (Wildman–Crippen LogP) is 4.36. The molecule has 0 unspecified atom stereocenters. The molecule has 1 aliphatic carbocycles. The number of rotatable bonds is 5. The van der Waals surface area contributed by atoms with Gasteiger partial charge in [-0.3, -0.25) is 0 Å². The molecule has 1 fully saturated rings. The fourth-order valence-electron chi connectivity index (χ4n) is 3.01. The number of carboxylic acid groups (broad SMARTS) is 1. The predicted molar refractivity (Wildman–Crippen MR) is 111 cm³/mol. The topological polar surface area (TPSA) is 133 Å². The van der Waals surface area contributed by atoms with E-state index in [2.05, 4.69) is 19.9 Å². The van der Waals surface area contributed by atoms with Crippen molar-refractivity contribution in [1.29, 1.82) is 0 Å². The molecule has 3 N–H and O–H groups in total. The highest BCUT2D eigenvalue weighted by Crippen LogP contribution is 2.45. The van der Waals surface area contributed by atoms with Gasteiger partial charge in [-0.25, -0.2) is 29.1 Å². The summed E-state index contributed by atoms with van der Waals surface area (Å²) in [5.74, 6) is -2.11. The van der Waals surface area contributed by atoms with Gasteiger partial charge in [0.1, 0.15) is 6.33 Å². The van der Waals surface area contributed by atoms with Crippen molar-refractivity contribution in [3.8, 4) is 28.6 Å². The zero-order valence-electron chi connectivity index (χ0n) is 17.7. The summed E-state index contributed by atoms with van der Waals surface area (Å²) >= 11 is 0. The van der Waals surface area contributed by atoms with E-state index in [1.54, 1.807) is 6.07 Å². The molecule has 9 nitrogen and oxygen atoms in total. The summed E-state index contributed by atoms with van der Waals surface area (Å²) in [6.45, 7) is 0. The van der Waals surface area contributed by atoms with Gasteiger partial charge in [-0.05, 0) is 18.8 Å². The Morgan fingerprint density at radius 1 is 1.12 bits per heavy atom. The lowest BCUT2D eigenvalue weighted by molar-refractivity contribution is -0.192. The molecule has 34 heavy (non-hydrogen) atoms. The highest BCUT2D eigenvalue weighted by molar-refractivity contribution is 5.73. The van der Waals surface area contributed by atoms with E-state index in [-0.39, 0.29) is 23.5 Å². The zero-order chi connectivity index (χ0) is 24.9. The number of carboxylic acids is 1. The number of aromatic nitrogens is 4. The van der Waals surface area contributed by atoms with E-state index in [9.17, 15) is 13.2 Å². The summed E-state index contributed by atoms with van der Waals surface area (Å²) in [5, 5.41) is 7.12. The van der Waals surface area contributed by atoms with Gasteiger partial charge in [0.25, 0.3) is 0 Å². The van der Waals surface area contributed by atoms with Crippen LogP contribution >= 0.6 is 0 Å². The molecule has 1 aromatic carbocycles. The molecule has 0 spiro atoms. The third-order valence-electron chi connectivity index (χ3n) is 4.93. The minimum absolute atomic E-state index is 0.134. The molecule has 0 aliphatic heterocycles. The second-order valence-electron chi connectivity index (χ2n) is 7.11. The maximum absolute atomic E-state index is 15.4. The van der Waals surface area contributed by atoms with Gasteiger partial charge >= 0.3 is 12.1 Å². The number of benzene rings is 1. The molecule has 0 radical (unpaired) electrons. The average Bonchev–Trinajstić information content (AvgIpc) is 2.76. The minimum atomic E-state index is -5.08. The number of ether oxygens (including phenoxy) is 2. The second-order valence-corrected chi connectivity index (χ2v) is 7.11. The molecule has 0 atom stereocenters. The number of hydrogen-bond acceptors (Lipinski definition) is 8. The lowest BCUT2D eigenvalue weighted by atomic mass is 9.79. The van der Waals surface area contributed by atoms with Gasteiger partial charge in [-0.15, -0.1) is 0 Å². The van der Waals surface area contributed by atoms with Crippen LogP contribution in [-0.4, -0.2) is 44.3 Å². The molecular weight excluding hydrogens is 462 g/mol. The van der Waals surface area contributed by atoms with Crippen LogP contribution in [0.4, 0.5) is 23.5 Å². The maximum atomic E-state index is 15.4. The number of nitrogen functional groups attached to an aromatic ring is 1. The average molecular weight is 481 g/mol. The van der Waals surface area contributed by atoms with Gasteiger partial charge in [0, 0.05) is 29.1 Å². The van der Waals surface area contributed by atoms with Crippen molar-refractivity contribution in [1.82, 2.24) is 19.9 Å². The van der Waals surface area contributed by atoms with Crippen molar-refractivity contribution >= 4 is 11.9 Å². The molecule has 1 aliphatic rings. The Kier molecular flexibility index (Phi) is 7.44. The Bertz CT molecular complexity index is 1150. The van der Waals surface area contributed by atoms with E-state index in [0.29, 0.717) is 17.0 Å². The summed E-state index contributed by atoms with van der Waals surface area (Å²) in [6.07, 6.45) is 2.34. The van der Waals surface area contributed by atoms with E-state index in [4.69, 9.17) is 25.1 Å². The lowest BCUT2D eigenvalue weighted by Gasteiger charge is -2.28. The number of carbonyl (C=O) groups is 1. The Balaban J connectivity index is 0.000000406. The van der Waals surface area contributed by atoms with Crippen LogP contribution in [0, 0.1) is 5.82 Å². The van der Waals surface area contributed by atoms with E-state index in [0.717, 1.165) is 24.8 Å². The highest BCUT2D eigenvalue weighted by atomic mass is 19.4. The first-order valence-corrected chi connectivity index (χ1v) is 9.84. The standard InChI is InChI=1S/C19H18FN5O2.C2HF3O2/c1-26-15-7-16(25-10-24-15)27-18-14(11-3-2-4-11)6-5-13(17(18)20)12-8-22-19(21)23-9-12;3-2(4,5)1(6)7/h5-11H,2-4H2,1H3,(H2,21,22,23);(H,6,7). The Hall–Kier alpha value is -4.03. The van der Waals surface area contributed by atoms with Crippen molar-refractivity contribution in [2.75, 3.05) is 12.8 Å². The van der Waals surface area contributed by atoms with Crippen molar-refractivity contribution in [3.05, 3.63) is 48.3 Å². The molecule has 0 amide bonds. The molecule has 2 aromatic heterocycles. The normalized spacial score (nSPS) is 13.3. The number of nitrogens with zero attached hydrogens (tertiary/aromatic N) is 4. The smallest absolute Gasteiger partial charge is 0.481 e. The molecule has 0 bridgehead atoms. The Labute approximate surface area is 190 Å². The number of hydrogen-bond donors (Lipinski definition) is 2. The summed E-state index contributed by atoms with van der Waals surface area (Å²) in [6, 6.07) is 5.14. The van der Waals surface area contributed by atoms with E-state index in [1.165, 1.54) is 31.9 Å². The first-order valence-electron chi connectivity index (χ1n) is 9.84. The molecule has 0 saturated heterocycles. The fraction of sp³-hybridized carbons (Fsp3) is 0.286. The van der Waals surface area contributed by atoms with Gasteiger partial charge < -0.3 is 20.3 Å². The Morgan fingerprint density at radius 2 is 1.74 bits per heavy atom. The number of alkyl halides is 3. The van der Waals surface area contributed by atoms with Crippen LogP contribution < -0.4 is 15.2 Å². The van der Waals surface area contributed by atoms with Gasteiger partial charge in [-0.1, -0.05) is 18.6 Å². The second kappa shape index (κ2) is 10.3. The molecule has 180 valence electrons. The first-order chi connectivity index (χ1) is 16.1. The van der Waals surface area contributed by atoms with Gasteiger partial charge in [0.05, 0.1) is 13.2 Å². The molecule has 13 heteroatoms. The molecular formula is C21H19F4N5O4. The van der Waals surface area contributed by atoms with Gasteiger partial charge in [-0.2, -0.15) is 13.2 Å². The number of nitrogens with two attached hydrogens (primary N) is 1. The van der Waals surface area contributed by atoms with E-state index in [1.807, 2.05) is 6.07 Å². The minimum Gasteiger partial charge on any atom is -0.481 e. The highest BCUT2D eigenvalue weighted by Gasteiger charge is 2.38. The molecule has 4 rings (SSSR count). The number of methoxy groups -OCH3 is 1. The van der Waals surface area contributed by atoms with E-state index < -0.39 is 18.0 Å². The SMILES string of the molecule is COc1cc(Oc2c(C3CCC3)ccc(-c3cnc(N)nc3)c2F)ncn1.O=C(O)C(F)(F)F. The van der Waals surface area contributed by atoms with Crippen molar-refractivity contribution in [2.24, 2.45) is 0 Å². The molecule has 2 heterocycles. The first kappa shape index (κ1) is 24.6. The maximum Gasteiger partial charge on any atom is 0.490 e. The van der Waals surface area contributed by atoms with Crippen molar-refractivity contribution in [3.63, 3.8) is 0 Å². The third-order valence-corrected chi connectivity index (χ3v) is 4.93. The van der Waals surface area contributed by atoms with Gasteiger partial charge in [0.2, 0.25) is 17.7 Å². The van der Waals surface area contributed by atoms with E-state index >= 15 is 4.39 Å². The number of aliphatic carboxylic acids is 1. The van der Waals surface area contributed by atoms with Crippen LogP contribution in [0.2, 0.25) is 0 Å². The number of halogens is 4. The quantitative estimate of drug-likeness (QED) is 0.510. The van der Waals surface area contributed by atoms with Crippen LogP contribution in [0.25, 0.3) is 11.1 Å². The Morgan fingerprint density at radius 3 is 2.26 bits per heavy atom. The van der Waals surface area contributed by atoms with Crippen LogP contribution in [0.3, 0.4) is 0 Å². The summed E-state index contributed by atoms with van der Waals surface area (Å²) in [7, 11) is 1.49. The summed E-state index contributed by atoms with van der Waals surface area (Å²) in [4.78, 5) is 24.8. The molecule has 1 saturated carbocycles. The zero-order valence-corrected chi connectivity index (χ0v) is 17.7. The third kappa shape index (κ3) is 5.85. The number of anilines is 1. The summed E-state index contributed by atoms with van der Waals surface area (Å²) in [5.41, 5.74) is 7.22. The molecule has 3 aromatic rings. The monoisotopic (exact) mass is 481 g/mol. The largest absolute Gasteiger partial charge is 0.490 e. The van der Waals surface area contributed by atoms with Gasteiger partial charge in [0.15, 0.2) is 11.6 Å². The van der Waals surface area contributed by atoms with Crippen LogP contribution in [-0.2, 0) is 4.79 Å². The van der Waals surface area contributed by atoms with Crippen molar-refractivity contribution in [2.45, 2.75) is 31.4 Å². The van der Waals surface area contributed by atoms with Crippen LogP contribution in [0.1, 0.15) is 30.7 Å².